The maximum absolute atomic E-state index is 4.31. The Kier molecular flexibility index (Phi) is 54.0. The first kappa shape index (κ1) is 15.8. The van der Waals surface area contributed by atoms with Crippen molar-refractivity contribution in [3.8, 4) is 0 Å². The van der Waals surface area contributed by atoms with E-state index in [1.54, 1.807) is 0 Å². The fraction of sp³-hybridized carbons (Fsp3) is 0.500. The molecule has 0 N–H and O–H groups in total. The topological polar surface area (TPSA) is 0 Å². The molecule has 0 fully saturated rings. The second kappa shape index (κ2) is 17.0. The van der Waals surface area contributed by atoms with Gasteiger partial charge in [0.25, 0.3) is 0 Å². The molecule has 0 amide bonds. The minimum absolute atomic E-state index is 0. The second-order valence-corrected chi connectivity index (χ2v) is 1.50. The molecule has 5 heavy (non-hydrogen) atoms. The van der Waals surface area contributed by atoms with Crippen LogP contribution >= 0.6 is 10.8 Å². The standard InChI is InChI=1S/CH4S2.CH3.Y/c1-3-2;;/h2H,1H3;1H3;/q;-1;+3/p-1. The van der Waals surface area contributed by atoms with Gasteiger partial charge in [0.05, 0.1) is 0 Å². The second-order valence-electron chi connectivity index (χ2n) is 0.167. The van der Waals surface area contributed by atoms with Gasteiger partial charge in [-0.15, -0.1) is 0 Å². The first-order valence-corrected chi connectivity index (χ1v) is 2.72. The van der Waals surface area contributed by atoms with Crippen molar-refractivity contribution in [1.29, 1.82) is 0 Å². The zero-order valence-electron chi connectivity index (χ0n) is 3.39. The van der Waals surface area contributed by atoms with Gasteiger partial charge in [0, 0.05) is 0 Å². The van der Waals surface area contributed by atoms with Crippen molar-refractivity contribution in [3.05, 3.63) is 7.43 Å². The molecule has 0 radical (unpaired) electrons. The number of hydrogen-bond acceptors (Lipinski definition) is 2. The van der Waals surface area contributed by atoms with Gasteiger partial charge in [-0.1, -0.05) is 0 Å². The van der Waals surface area contributed by atoms with E-state index in [1.165, 1.54) is 10.8 Å². The first-order valence-electron chi connectivity index (χ1n) is 0.575. The van der Waals surface area contributed by atoms with Crippen LogP contribution in [-0.2, 0) is 44.4 Å². The van der Waals surface area contributed by atoms with Crippen LogP contribution < -0.4 is 0 Å². The van der Waals surface area contributed by atoms with E-state index < -0.39 is 0 Å². The third-order valence-corrected chi connectivity index (χ3v) is 0. The molecule has 0 bridgehead atoms. The van der Waals surface area contributed by atoms with Crippen molar-refractivity contribution in [1.82, 2.24) is 0 Å². The quantitative estimate of drug-likeness (QED) is 0.315. The summed E-state index contributed by atoms with van der Waals surface area (Å²) in [6.07, 6.45) is 1.86. The van der Waals surface area contributed by atoms with Crippen LogP contribution in [-0.4, -0.2) is 6.26 Å². The summed E-state index contributed by atoms with van der Waals surface area (Å²) in [5, 5.41) is 0. The van der Waals surface area contributed by atoms with Gasteiger partial charge in [-0.05, 0) is 6.26 Å². The van der Waals surface area contributed by atoms with Gasteiger partial charge in [0.15, 0.2) is 0 Å². The molecule has 0 aliphatic rings. The molecule has 0 aromatic carbocycles. The van der Waals surface area contributed by atoms with Gasteiger partial charge in [0.1, 0.15) is 0 Å². The molecule has 0 aromatic rings. The molecule has 0 saturated heterocycles. The Morgan fingerprint density at radius 3 is 1.60 bits per heavy atom. The Balaban J connectivity index is -0.0000000200. The zero-order valence-corrected chi connectivity index (χ0v) is 7.87. The van der Waals surface area contributed by atoms with Crippen LogP contribution in [0.1, 0.15) is 0 Å². The van der Waals surface area contributed by atoms with Gasteiger partial charge >= 0.3 is 32.7 Å². The Labute approximate surface area is 68.2 Å². The van der Waals surface area contributed by atoms with Crippen LogP contribution in [0.15, 0.2) is 0 Å². The summed E-state index contributed by atoms with van der Waals surface area (Å²) in [6, 6.07) is 0. The maximum atomic E-state index is 4.31. The third-order valence-electron chi connectivity index (χ3n) is 0. The van der Waals surface area contributed by atoms with Crippen LogP contribution in [0, 0.1) is 7.43 Å². The predicted octanol–water partition coefficient (Wildman–Crippen LogP) is 1.26. The van der Waals surface area contributed by atoms with E-state index >= 15 is 0 Å². The molecular weight excluding hydrogens is 177 g/mol. The van der Waals surface area contributed by atoms with Crippen molar-refractivity contribution < 1.29 is 32.7 Å². The average Bonchev–Trinajstić information content (AvgIpc) is 0.918. The molecule has 0 aliphatic carbocycles. The molecule has 0 unspecified atom stereocenters. The minimum atomic E-state index is 0. The van der Waals surface area contributed by atoms with Gasteiger partial charge in [-0.2, -0.15) is 0 Å². The third kappa shape index (κ3) is 25.8. The monoisotopic (exact) mass is 183 g/mol. The summed E-state index contributed by atoms with van der Waals surface area (Å²) >= 11 is 4.31. The first-order chi connectivity index (χ1) is 1.41. The molecule has 0 saturated carbocycles. The van der Waals surface area contributed by atoms with E-state index in [0.717, 1.165) is 0 Å². The van der Waals surface area contributed by atoms with Crippen LogP contribution in [0.2, 0.25) is 0 Å². The van der Waals surface area contributed by atoms with Gasteiger partial charge in [-0.25, -0.2) is 0 Å². The molecule has 0 spiro atoms. The van der Waals surface area contributed by atoms with Crippen molar-refractivity contribution in [2.45, 2.75) is 0 Å². The minimum Gasteiger partial charge on any atom is -0.719 e. The Bertz CT molecular complexity index is 7.61. The van der Waals surface area contributed by atoms with E-state index in [2.05, 4.69) is 11.7 Å². The van der Waals surface area contributed by atoms with Gasteiger partial charge < -0.3 is 29.9 Å². The summed E-state index contributed by atoms with van der Waals surface area (Å²) in [4.78, 5) is 0. The van der Waals surface area contributed by atoms with E-state index in [4.69, 9.17) is 0 Å². The maximum Gasteiger partial charge on any atom is 3.00 e. The predicted molar refractivity (Wildman–Crippen MR) is 27.3 cm³/mol. The van der Waals surface area contributed by atoms with Gasteiger partial charge in [-0.3, -0.25) is 0 Å². The van der Waals surface area contributed by atoms with Gasteiger partial charge in [0.2, 0.25) is 0 Å². The molecule has 0 aliphatic heterocycles. The summed E-state index contributed by atoms with van der Waals surface area (Å²) in [7, 11) is 1.33. The molecule has 28 valence electrons. The summed E-state index contributed by atoms with van der Waals surface area (Å²) in [5.41, 5.74) is 0. The van der Waals surface area contributed by atoms with Crippen molar-refractivity contribution in [3.63, 3.8) is 0 Å². The van der Waals surface area contributed by atoms with Crippen molar-refractivity contribution >= 4 is 22.5 Å². The van der Waals surface area contributed by atoms with Crippen molar-refractivity contribution in [2.75, 3.05) is 6.26 Å². The number of hydrogen-bond donors (Lipinski definition) is 0. The summed E-state index contributed by atoms with van der Waals surface area (Å²) in [5.74, 6) is 0. The van der Waals surface area contributed by atoms with Crippen LogP contribution in [0.5, 0.6) is 0 Å². The van der Waals surface area contributed by atoms with Crippen LogP contribution in [0.4, 0.5) is 0 Å². The molecule has 0 atom stereocenters. The summed E-state index contributed by atoms with van der Waals surface area (Å²) < 4.78 is 0. The van der Waals surface area contributed by atoms with Crippen LogP contribution in [0.25, 0.3) is 0 Å². The van der Waals surface area contributed by atoms with E-state index in [-0.39, 0.29) is 40.1 Å². The zero-order chi connectivity index (χ0) is 2.71. The van der Waals surface area contributed by atoms with E-state index in [9.17, 15) is 0 Å². The molecule has 0 nitrogen and oxygen atoms in total. The molecule has 0 rings (SSSR count). The van der Waals surface area contributed by atoms with E-state index in [1.807, 2.05) is 6.26 Å². The SMILES string of the molecule is CS[S-].[CH3-].[Y+3]. The van der Waals surface area contributed by atoms with Crippen molar-refractivity contribution in [2.24, 2.45) is 0 Å². The fourth-order valence-corrected chi connectivity index (χ4v) is 0. The molecule has 3 heteroatoms. The Morgan fingerprint density at radius 2 is 1.60 bits per heavy atom. The molecular formula is C2H6S2Y+. The Morgan fingerprint density at radius 1 is 1.60 bits per heavy atom. The molecule has 0 aromatic heterocycles. The van der Waals surface area contributed by atoms with Crippen LogP contribution in [0.3, 0.4) is 0 Å². The largest absolute Gasteiger partial charge is 3.00 e. The molecule has 0 heterocycles. The number of rotatable bonds is 0. The normalized spacial score (nSPS) is 3.60. The summed E-state index contributed by atoms with van der Waals surface area (Å²) in [6.45, 7) is 0. The van der Waals surface area contributed by atoms with E-state index in [0.29, 0.717) is 0 Å². The smallest absolute Gasteiger partial charge is 0.719 e. The fourth-order valence-electron chi connectivity index (χ4n) is 0. The average molecular weight is 183 g/mol. The Hall–Kier alpha value is 1.80.